The Hall–Kier alpha value is -0.800. The summed E-state index contributed by atoms with van der Waals surface area (Å²) < 4.78 is 5.47. The molecule has 76 valence electrons. The van der Waals surface area contributed by atoms with Crippen LogP contribution in [0, 0.1) is 0 Å². The molecule has 0 fully saturated rings. The zero-order valence-electron chi connectivity index (χ0n) is 8.32. The first-order valence-electron chi connectivity index (χ1n) is 4.89. The zero-order chi connectivity index (χ0) is 9.86. The van der Waals surface area contributed by atoms with Crippen LogP contribution in [-0.4, -0.2) is 12.3 Å². The maximum atomic E-state index is 5.47. The Labute approximate surface area is 88.6 Å². The van der Waals surface area contributed by atoms with Crippen LogP contribution in [0.2, 0.25) is 0 Å². The van der Waals surface area contributed by atoms with Gasteiger partial charge in [0, 0.05) is 17.8 Å². The number of hydrogen-bond acceptors (Lipinski definition) is 3. The van der Waals surface area contributed by atoms with Gasteiger partial charge < -0.3 is 4.74 Å². The fourth-order valence-electron chi connectivity index (χ4n) is 1.54. The van der Waals surface area contributed by atoms with E-state index in [9.17, 15) is 0 Å². The second kappa shape index (κ2) is 4.15. The molecule has 0 saturated heterocycles. The molecule has 1 aliphatic rings. The lowest BCUT2D eigenvalue weighted by Crippen LogP contribution is -2.42. The van der Waals surface area contributed by atoms with Crippen molar-refractivity contribution in [2.75, 3.05) is 6.54 Å². The smallest absolute Gasteiger partial charge is 0.160 e. The summed E-state index contributed by atoms with van der Waals surface area (Å²) in [6.07, 6.45) is 5.87. The summed E-state index contributed by atoms with van der Waals surface area (Å²) >= 11 is 1.81. The van der Waals surface area contributed by atoms with Gasteiger partial charge in [0.1, 0.15) is 0 Å². The Morgan fingerprint density at radius 2 is 2.57 bits per heavy atom. The molecule has 0 radical (unpaired) electrons. The Balaban J connectivity index is 1.73. The average molecular weight is 209 g/mol. The van der Waals surface area contributed by atoms with Crippen molar-refractivity contribution in [2.45, 2.75) is 25.5 Å². The fraction of sp³-hybridized carbons (Fsp3) is 0.455. The van der Waals surface area contributed by atoms with E-state index in [4.69, 9.17) is 4.74 Å². The molecule has 0 spiro atoms. The van der Waals surface area contributed by atoms with Gasteiger partial charge in [0.15, 0.2) is 5.72 Å². The molecule has 0 aromatic carbocycles. The Morgan fingerprint density at radius 3 is 3.21 bits per heavy atom. The van der Waals surface area contributed by atoms with E-state index in [1.54, 1.807) is 6.26 Å². The number of hydrogen-bond donors (Lipinski definition) is 1. The third-order valence-electron chi connectivity index (χ3n) is 2.38. The van der Waals surface area contributed by atoms with Crippen molar-refractivity contribution >= 4 is 11.3 Å². The van der Waals surface area contributed by atoms with E-state index in [-0.39, 0.29) is 5.72 Å². The third kappa shape index (κ3) is 2.36. The van der Waals surface area contributed by atoms with Crippen LogP contribution < -0.4 is 5.32 Å². The van der Waals surface area contributed by atoms with Crippen molar-refractivity contribution in [2.24, 2.45) is 0 Å². The van der Waals surface area contributed by atoms with Crippen LogP contribution in [0.5, 0.6) is 0 Å². The van der Waals surface area contributed by atoms with Crippen LogP contribution in [0.4, 0.5) is 0 Å². The van der Waals surface area contributed by atoms with Crippen molar-refractivity contribution < 1.29 is 4.74 Å². The van der Waals surface area contributed by atoms with E-state index in [2.05, 4.69) is 35.8 Å². The van der Waals surface area contributed by atoms with E-state index in [0.29, 0.717) is 0 Å². The van der Waals surface area contributed by atoms with E-state index in [1.807, 2.05) is 11.3 Å². The van der Waals surface area contributed by atoms with Crippen LogP contribution in [0.3, 0.4) is 0 Å². The molecule has 0 saturated carbocycles. The third-order valence-corrected chi connectivity index (χ3v) is 3.32. The molecule has 3 heteroatoms. The van der Waals surface area contributed by atoms with E-state index >= 15 is 0 Å². The summed E-state index contributed by atoms with van der Waals surface area (Å²) in [6, 6.07) is 4.26. The Kier molecular flexibility index (Phi) is 2.89. The van der Waals surface area contributed by atoms with Gasteiger partial charge >= 0.3 is 0 Å². The molecule has 0 aliphatic carbocycles. The minimum atomic E-state index is -0.169. The maximum Gasteiger partial charge on any atom is 0.160 e. The SMILES string of the molecule is CC1(NCCc2cccs2)CC=CO1. The summed E-state index contributed by atoms with van der Waals surface area (Å²) in [4.78, 5) is 1.42. The zero-order valence-corrected chi connectivity index (χ0v) is 9.14. The van der Waals surface area contributed by atoms with E-state index < -0.39 is 0 Å². The topological polar surface area (TPSA) is 21.3 Å². The highest BCUT2D eigenvalue weighted by molar-refractivity contribution is 7.09. The van der Waals surface area contributed by atoms with Crippen LogP contribution in [0.1, 0.15) is 18.2 Å². The first-order valence-corrected chi connectivity index (χ1v) is 5.77. The molecular weight excluding hydrogens is 194 g/mol. The Morgan fingerprint density at radius 1 is 1.64 bits per heavy atom. The molecule has 1 aliphatic heterocycles. The second-order valence-corrected chi connectivity index (χ2v) is 4.71. The monoisotopic (exact) mass is 209 g/mol. The molecule has 1 aromatic heterocycles. The van der Waals surface area contributed by atoms with Gasteiger partial charge in [0.25, 0.3) is 0 Å². The summed E-state index contributed by atoms with van der Waals surface area (Å²) in [7, 11) is 0. The maximum absolute atomic E-state index is 5.47. The standard InChI is InChI=1S/C11H15NOS/c1-11(6-3-8-13-11)12-7-5-10-4-2-9-14-10/h2-4,8-9,12H,5-7H2,1H3. The second-order valence-electron chi connectivity index (χ2n) is 3.68. The summed E-state index contributed by atoms with van der Waals surface area (Å²) in [5.74, 6) is 0. The van der Waals surface area contributed by atoms with Crippen LogP contribution in [0.25, 0.3) is 0 Å². The molecule has 1 unspecified atom stereocenters. The van der Waals surface area contributed by atoms with Crippen LogP contribution in [0.15, 0.2) is 29.9 Å². The van der Waals surface area contributed by atoms with Gasteiger partial charge in [-0.3, -0.25) is 5.32 Å². The minimum Gasteiger partial charge on any atom is -0.481 e. The van der Waals surface area contributed by atoms with E-state index in [1.165, 1.54) is 4.88 Å². The average Bonchev–Trinajstić information content (AvgIpc) is 2.77. The van der Waals surface area contributed by atoms with Crippen LogP contribution >= 0.6 is 11.3 Å². The molecule has 0 bridgehead atoms. The molecule has 2 nitrogen and oxygen atoms in total. The van der Waals surface area contributed by atoms with Crippen molar-refractivity contribution in [1.82, 2.24) is 5.32 Å². The minimum absolute atomic E-state index is 0.169. The highest BCUT2D eigenvalue weighted by Crippen LogP contribution is 2.19. The predicted octanol–water partition coefficient (Wildman–Crippen LogP) is 2.53. The number of nitrogens with one attached hydrogen (secondary N) is 1. The normalized spacial score (nSPS) is 25.2. The predicted molar refractivity (Wildman–Crippen MR) is 59.3 cm³/mol. The van der Waals surface area contributed by atoms with Crippen molar-refractivity contribution in [3.05, 3.63) is 34.7 Å². The molecule has 1 N–H and O–H groups in total. The highest BCUT2D eigenvalue weighted by atomic mass is 32.1. The summed E-state index contributed by atoms with van der Waals surface area (Å²) in [5.41, 5.74) is -0.169. The van der Waals surface area contributed by atoms with Gasteiger partial charge in [-0.05, 0) is 30.9 Å². The molecule has 1 atom stereocenters. The quantitative estimate of drug-likeness (QED) is 0.822. The lowest BCUT2D eigenvalue weighted by Gasteiger charge is -2.25. The van der Waals surface area contributed by atoms with Crippen molar-refractivity contribution in [1.29, 1.82) is 0 Å². The lowest BCUT2D eigenvalue weighted by atomic mass is 10.2. The molecular formula is C11H15NOS. The van der Waals surface area contributed by atoms with Gasteiger partial charge in [-0.25, -0.2) is 0 Å². The van der Waals surface area contributed by atoms with Gasteiger partial charge in [0.05, 0.1) is 6.26 Å². The van der Waals surface area contributed by atoms with Gasteiger partial charge in [-0.2, -0.15) is 0 Å². The number of thiophene rings is 1. The first-order chi connectivity index (χ1) is 6.79. The van der Waals surface area contributed by atoms with Gasteiger partial charge in [0.2, 0.25) is 0 Å². The largest absolute Gasteiger partial charge is 0.481 e. The lowest BCUT2D eigenvalue weighted by molar-refractivity contribution is 0.0298. The first kappa shape index (κ1) is 9.74. The summed E-state index contributed by atoms with van der Waals surface area (Å²) in [6.45, 7) is 3.06. The van der Waals surface area contributed by atoms with Gasteiger partial charge in [-0.15, -0.1) is 11.3 Å². The molecule has 14 heavy (non-hydrogen) atoms. The highest BCUT2D eigenvalue weighted by Gasteiger charge is 2.25. The Bertz CT molecular complexity index is 297. The van der Waals surface area contributed by atoms with Crippen LogP contribution in [-0.2, 0) is 11.2 Å². The molecule has 0 amide bonds. The number of ether oxygens (including phenoxy) is 1. The van der Waals surface area contributed by atoms with Crippen molar-refractivity contribution in [3.8, 4) is 0 Å². The van der Waals surface area contributed by atoms with Crippen molar-refractivity contribution in [3.63, 3.8) is 0 Å². The fourth-order valence-corrected chi connectivity index (χ4v) is 2.25. The molecule has 2 rings (SSSR count). The van der Waals surface area contributed by atoms with E-state index in [0.717, 1.165) is 19.4 Å². The summed E-state index contributed by atoms with van der Waals surface area (Å²) in [5, 5.41) is 5.53. The molecule has 1 aromatic rings. The van der Waals surface area contributed by atoms with Gasteiger partial charge in [-0.1, -0.05) is 6.07 Å². The molecule has 2 heterocycles. The number of rotatable bonds is 4.